The van der Waals surface area contributed by atoms with Crippen LogP contribution in [0.5, 0.6) is 0 Å². The molecule has 2 heterocycles. The van der Waals surface area contributed by atoms with Crippen molar-refractivity contribution in [2.24, 2.45) is 0 Å². The SMILES string of the molecule is CC1(c2ccccc2)c2ccccc2-c2ccc(-c3ccc(-c4nc(-c5ccccc5)cc(-c5cccc6c5oc5ccccc56)n4)c4ccccc34)cc21. The number of benzene rings is 8. The number of nitrogens with zero attached hydrogens (tertiary/aromatic N) is 2. The van der Waals surface area contributed by atoms with Crippen molar-refractivity contribution in [3.05, 3.63) is 205 Å². The van der Waals surface area contributed by atoms with Gasteiger partial charge in [0.05, 0.1) is 11.4 Å². The Morgan fingerprint density at radius 1 is 0.400 bits per heavy atom. The molecule has 1 aliphatic rings. The summed E-state index contributed by atoms with van der Waals surface area (Å²) >= 11 is 0. The summed E-state index contributed by atoms with van der Waals surface area (Å²) in [6.45, 7) is 2.37. The number of rotatable bonds is 5. The predicted octanol–water partition coefficient (Wildman–Crippen LogP) is 13.5. The molecule has 1 atom stereocenters. The van der Waals surface area contributed by atoms with E-state index >= 15 is 0 Å². The highest BCUT2D eigenvalue weighted by Gasteiger charge is 2.40. The van der Waals surface area contributed by atoms with Gasteiger partial charge in [-0.3, -0.25) is 0 Å². The highest BCUT2D eigenvalue weighted by molar-refractivity contribution is 6.10. The molecule has 3 heteroatoms. The monoisotopic (exact) mass is 702 g/mol. The van der Waals surface area contributed by atoms with Gasteiger partial charge in [0.1, 0.15) is 11.2 Å². The fourth-order valence-electron chi connectivity index (χ4n) is 8.90. The summed E-state index contributed by atoms with van der Waals surface area (Å²) in [7, 11) is 0. The van der Waals surface area contributed by atoms with Crippen molar-refractivity contribution < 1.29 is 4.42 Å². The van der Waals surface area contributed by atoms with E-state index in [1.165, 1.54) is 38.9 Å². The molecule has 3 nitrogen and oxygen atoms in total. The van der Waals surface area contributed by atoms with Crippen LogP contribution in [0, 0.1) is 0 Å². The molecule has 0 bridgehead atoms. The van der Waals surface area contributed by atoms with E-state index in [2.05, 4.69) is 177 Å². The summed E-state index contributed by atoms with van der Waals surface area (Å²) in [6.07, 6.45) is 0. The van der Waals surface area contributed by atoms with E-state index in [1.807, 2.05) is 18.2 Å². The van der Waals surface area contributed by atoms with Gasteiger partial charge in [0, 0.05) is 32.9 Å². The van der Waals surface area contributed by atoms with E-state index in [9.17, 15) is 0 Å². The molecule has 0 N–H and O–H groups in total. The van der Waals surface area contributed by atoms with Crippen molar-refractivity contribution in [2.75, 3.05) is 0 Å². The normalized spacial score (nSPS) is 14.7. The first-order valence-corrected chi connectivity index (χ1v) is 18.8. The molecule has 0 fully saturated rings. The first-order valence-electron chi connectivity index (χ1n) is 18.8. The molecule has 11 rings (SSSR count). The minimum absolute atomic E-state index is 0.274. The van der Waals surface area contributed by atoms with E-state index in [-0.39, 0.29) is 5.41 Å². The fraction of sp³-hybridized carbons (Fsp3) is 0.0385. The summed E-state index contributed by atoms with van der Waals surface area (Å²) in [5, 5.41) is 4.43. The highest BCUT2D eigenvalue weighted by atomic mass is 16.3. The van der Waals surface area contributed by atoms with Gasteiger partial charge in [-0.25, -0.2) is 9.97 Å². The van der Waals surface area contributed by atoms with Crippen LogP contribution >= 0.6 is 0 Å². The van der Waals surface area contributed by atoms with Crippen LogP contribution in [-0.2, 0) is 5.41 Å². The summed E-state index contributed by atoms with van der Waals surface area (Å²) in [4.78, 5) is 10.6. The van der Waals surface area contributed by atoms with Crippen molar-refractivity contribution in [3.63, 3.8) is 0 Å². The largest absolute Gasteiger partial charge is 0.455 e. The van der Waals surface area contributed by atoms with Gasteiger partial charge in [-0.05, 0) is 87.0 Å². The first kappa shape index (κ1) is 31.4. The molecule has 0 radical (unpaired) electrons. The predicted molar refractivity (Wildman–Crippen MR) is 226 cm³/mol. The molecule has 0 amide bonds. The Hall–Kier alpha value is -7.10. The third-order valence-corrected chi connectivity index (χ3v) is 11.6. The maximum Gasteiger partial charge on any atom is 0.161 e. The van der Waals surface area contributed by atoms with Gasteiger partial charge >= 0.3 is 0 Å². The molecule has 0 aliphatic heterocycles. The second-order valence-corrected chi connectivity index (χ2v) is 14.6. The fourth-order valence-corrected chi connectivity index (χ4v) is 8.90. The molecule has 0 saturated carbocycles. The van der Waals surface area contributed by atoms with E-state index < -0.39 is 0 Å². The zero-order valence-electron chi connectivity index (χ0n) is 30.2. The second-order valence-electron chi connectivity index (χ2n) is 14.6. The van der Waals surface area contributed by atoms with E-state index in [4.69, 9.17) is 14.4 Å². The third-order valence-electron chi connectivity index (χ3n) is 11.6. The van der Waals surface area contributed by atoms with Crippen molar-refractivity contribution >= 4 is 32.7 Å². The maximum atomic E-state index is 6.50. The van der Waals surface area contributed by atoms with Gasteiger partial charge < -0.3 is 4.42 Å². The minimum Gasteiger partial charge on any atom is -0.455 e. The van der Waals surface area contributed by atoms with Gasteiger partial charge in [-0.2, -0.15) is 0 Å². The average molecular weight is 703 g/mol. The quantitative estimate of drug-likeness (QED) is 0.179. The lowest BCUT2D eigenvalue weighted by Gasteiger charge is -2.28. The van der Waals surface area contributed by atoms with Crippen LogP contribution in [0.2, 0.25) is 0 Å². The van der Waals surface area contributed by atoms with E-state index in [0.717, 1.165) is 60.8 Å². The van der Waals surface area contributed by atoms with E-state index in [1.54, 1.807) is 0 Å². The van der Waals surface area contributed by atoms with Crippen LogP contribution in [0.15, 0.2) is 192 Å². The molecule has 0 spiro atoms. The van der Waals surface area contributed by atoms with Gasteiger partial charge in [0.25, 0.3) is 0 Å². The Kier molecular flexibility index (Phi) is 6.99. The standard InChI is InChI=1S/C52H34N2O/c1-52(35-17-6-3-7-18-35)45-25-12-10-21-39(45)40-28-27-34(31-46(40)52)36-29-30-43(38-20-9-8-19-37(36)38)51-53-47(33-15-4-2-5-16-33)32-48(54-51)44-24-14-23-42-41-22-11-13-26-49(41)55-50(42)44/h2-32H,1H3. The molecular weight excluding hydrogens is 669 g/mol. The van der Waals surface area contributed by atoms with Crippen LogP contribution in [0.25, 0.3) is 88.9 Å². The van der Waals surface area contributed by atoms with Crippen LogP contribution in [-0.4, -0.2) is 9.97 Å². The van der Waals surface area contributed by atoms with Gasteiger partial charge in [0.2, 0.25) is 0 Å². The number of fused-ring (bicyclic) bond motifs is 7. The Morgan fingerprint density at radius 2 is 1.00 bits per heavy atom. The van der Waals surface area contributed by atoms with Crippen LogP contribution in [0.1, 0.15) is 23.6 Å². The molecule has 1 unspecified atom stereocenters. The third kappa shape index (κ3) is 4.83. The Morgan fingerprint density at radius 3 is 1.84 bits per heavy atom. The Labute approximate surface area is 319 Å². The summed E-state index contributed by atoms with van der Waals surface area (Å²) in [6, 6.07) is 66.9. The maximum absolute atomic E-state index is 6.50. The van der Waals surface area contributed by atoms with Crippen molar-refractivity contribution in [2.45, 2.75) is 12.3 Å². The summed E-state index contributed by atoms with van der Waals surface area (Å²) in [5.74, 6) is 0.674. The van der Waals surface area contributed by atoms with Crippen molar-refractivity contribution in [1.29, 1.82) is 0 Å². The smallest absolute Gasteiger partial charge is 0.161 e. The number of hydrogen-bond acceptors (Lipinski definition) is 3. The van der Waals surface area contributed by atoms with Crippen LogP contribution in [0.4, 0.5) is 0 Å². The Balaban J connectivity index is 1.10. The Bertz CT molecular complexity index is 3110. The lowest BCUT2D eigenvalue weighted by Crippen LogP contribution is -2.22. The minimum atomic E-state index is -0.274. The number of para-hydroxylation sites is 2. The van der Waals surface area contributed by atoms with Crippen LogP contribution < -0.4 is 0 Å². The molecular formula is C52H34N2O. The zero-order valence-corrected chi connectivity index (χ0v) is 30.2. The second kappa shape index (κ2) is 12.2. The molecule has 55 heavy (non-hydrogen) atoms. The average Bonchev–Trinajstić information content (AvgIpc) is 3.77. The van der Waals surface area contributed by atoms with Gasteiger partial charge in [-0.1, -0.05) is 158 Å². The summed E-state index contributed by atoms with van der Waals surface area (Å²) in [5.41, 5.74) is 15.0. The lowest BCUT2D eigenvalue weighted by molar-refractivity contribution is 0.670. The van der Waals surface area contributed by atoms with Crippen molar-refractivity contribution in [3.8, 4) is 56.2 Å². The topological polar surface area (TPSA) is 38.9 Å². The molecule has 10 aromatic rings. The van der Waals surface area contributed by atoms with Gasteiger partial charge in [-0.15, -0.1) is 0 Å². The first-order chi connectivity index (χ1) is 27.1. The highest BCUT2D eigenvalue weighted by Crippen LogP contribution is 2.53. The lowest BCUT2D eigenvalue weighted by atomic mass is 9.74. The molecule has 1 aliphatic carbocycles. The number of furan rings is 1. The van der Waals surface area contributed by atoms with E-state index in [0.29, 0.717) is 5.82 Å². The zero-order chi connectivity index (χ0) is 36.5. The van der Waals surface area contributed by atoms with Crippen LogP contribution in [0.3, 0.4) is 0 Å². The number of hydrogen-bond donors (Lipinski definition) is 0. The molecule has 8 aromatic carbocycles. The molecule has 0 saturated heterocycles. The summed E-state index contributed by atoms with van der Waals surface area (Å²) < 4.78 is 6.50. The van der Waals surface area contributed by atoms with Gasteiger partial charge in [0.15, 0.2) is 5.82 Å². The molecule has 258 valence electrons. The number of aromatic nitrogens is 2. The van der Waals surface area contributed by atoms with Crippen molar-refractivity contribution in [1.82, 2.24) is 9.97 Å². The molecule has 2 aromatic heterocycles.